The molecule has 0 aromatic rings. The van der Waals surface area contributed by atoms with Crippen LogP contribution in [0.15, 0.2) is 0 Å². The molecule has 1 saturated carbocycles. The molecular weight excluding hydrogens is 214 g/mol. The van der Waals surface area contributed by atoms with Gasteiger partial charge in [-0.2, -0.15) is 0 Å². The van der Waals surface area contributed by atoms with Crippen LogP contribution < -0.4 is 5.32 Å². The van der Waals surface area contributed by atoms with Gasteiger partial charge in [0.25, 0.3) is 0 Å². The Morgan fingerprint density at radius 1 is 1.62 bits per heavy atom. The van der Waals surface area contributed by atoms with Crippen LogP contribution in [0.25, 0.3) is 0 Å². The number of nitrogens with one attached hydrogen (secondary N) is 1. The maximum Gasteiger partial charge on any atom is 0.407 e. The summed E-state index contributed by atoms with van der Waals surface area (Å²) in [4.78, 5) is 22.8. The average molecular weight is 229 g/mol. The molecule has 2 rings (SSSR count). The molecular formula is C10H15NO5. The lowest BCUT2D eigenvalue weighted by Gasteiger charge is -2.41. The molecule has 4 atom stereocenters. The summed E-state index contributed by atoms with van der Waals surface area (Å²) >= 11 is 0. The molecule has 16 heavy (non-hydrogen) atoms. The van der Waals surface area contributed by atoms with Gasteiger partial charge >= 0.3 is 12.1 Å². The lowest BCUT2D eigenvalue weighted by molar-refractivity contribution is -0.156. The van der Waals surface area contributed by atoms with E-state index in [0.29, 0.717) is 13.0 Å². The number of aliphatic hydroxyl groups excluding tert-OH is 1. The van der Waals surface area contributed by atoms with E-state index in [2.05, 4.69) is 5.32 Å². The second-order valence-electron chi connectivity index (χ2n) is 4.09. The lowest BCUT2D eigenvalue weighted by Crippen LogP contribution is -2.58. The van der Waals surface area contributed by atoms with Crippen LogP contribution in [0, 0.1) is 5.92 Å². The molecule has 1 heterocycles. The van der Waals surface area contributed by atoms with E-state index in [4.69, 9.17) is 9.47 Å². The quantitative estimate of drug-likeness (QED) is 0.640. The first-order chi connectivity index (χ1) is 7.61. The molecule has 1 amide bonds. The van der Waals surface area contributed by atoms with Gasteiger partial charge in [-0.3, -0.25) is 4.79 Å². The minimum absolute atomic E-state index is 0.272. The molecule has 0 aromatic heterocycles. The minimum atomic E-state index is -0.781. The zero-order valence-electron chi connectivity index (χ0n) is 9.01. The summed E-state index contributed by atoms with van der Waals surface area (Å²) in [7, 11) is 0. The van der Waals surface area contributed by atoms with E-state index in [1.54, 1.807) is 6.92 Å². The Labute approximate surface area is 92.9 Å². The van der Waals surface area contributed by atoms with E-state index in [0.717, 1.165) is 0 Å². The summed E-state index contributed by atoms with van der Waals surface area (Å²) in [6.45, 7) is 2.02. The predicted octanol–water partition coefficient (Wildman–Crippen LogP) is -0.203. The maximum atomic E-state index is 11.6. The van der Waals surface area contributed by atoms with Crippen molar-refractivity contribution in [1.29, 1.82) is 0 Å². The number of rotatable bonds is 2. The molecule has 2 aliphatic rings. The summed E-state index contributed by atoms with van der Waals surface area (Å²) in [5.41, 5.74) is 0. The number of hydrogen-bond donors (Lipinski definition) is 2. The van der Waals surface area contributed by atoms with E-state index in [9.17, 15) is 14.7 Å². The SMILES string of the molecule is CCOC(=O)[C@@H]1C[C@@H](O)[C@@H]2C[C@H]1NC(=O)O2. The first kappa shape index (κ1) is 11.2. The monoisotopic (exact) mass is 229 g/mol. The topological polar surface area (TPSA) is 84.9 Å². The Hall–Kier alpha value is -1.30. The van der Waals surface area contributed by atoms with E-state index in [1.807, 2.05) is 0 Å². The Morgan fingerprint density at radius 2 is 2.38 bits per heavy atom. The zero-order valence-corrected chi connectivity index (χ0v) is 9.01. The molecule has 0 radical (unpaired) electrons. The van der Waals surface area contributed by atoms with Crippen LogP contribution in [-0.2, 0) is 14.3 Å². The molecule has 1 aliphatic carbocycles. The first-order valence-corrected chi connectivity index (χ1v) is 5.43. The highest BCUT2D eigenvalue weighted by Gasteiger charge is 2.46. The summed E-state index contributed by atoms with van der Waals surface area (Å²) in [5.74, 6) is -0.841. The van der Waals surface area contributed by atoms with Crippen molar-refractivity contribution in [3.8, 4) is 0 Å². The highest BCUT2D eigenvalue weighted by Crippen LogP contribution is 2.31. The Morgan fingerprint density at radius 3 is 3.06 bits per heavy atom. The van der Waals surface area contributed by atoms with Crippen molar-refractivity contribution in [2.45, 2.75) is 38.0 Å². The molecule has 2 N–H and O–H groups in total. The van der Waals surface area contributed by atoms with Crippen molar-refractivity contribution in [1.82, 2.24) is 5.32 Å². The molecule has 2 fully saturated rings. The summed E-state index contributed by atoms with van der Waals surface area (Å²) in [6.07, 6.45) is -1.12. The summed E-state index contributed by atoms with van der Waals surface area (Å²) in [6, 6.07) is -0.284. The Bertz CT molecular complexity index is 306. The minimum Gasteiger partial charge on any atom is -0.466 e. The molecule has 0 aromatic carbocycles. The van der Waals surface area contributed by atoms with Crippen molar-refractivity contribution in [2.24, 2.45) is 5.92 Å². The summed E-state index contributed by atoms with van der Waals surface area (Å²) < 4.78 is 9.82. The smallest absolute Gasteiger partial charge is 0.407 e. The van der Waals surface area contributed by atoms with Gasteiger partial charge in [0.2, 0.25) is 0 Å². The fraction of sp³-hybridized carbons (Fsp3) is 0.800. The molecule has 1 saturated heterocycles. The molecule has 6 nitrogen and oxygen atoms in total. The second-order valence-corrected chi connectivity index (χ2v) is 4.09. The van der Waals surface area contributed by atoms with E-state index < -0.39 is 24.2 Å². The van der Waals surface area contributed by atoms with Crippen LogP contribution in [0.1, 0.15) is 19.8 Å². The van der Waals surface area contributed by atoms with Crippen LogP contribution in [-0.4, -0.2) is 42.0 Å². The van der Waals surface area contributed by atoms with E-state index in [1.165, 1.54) is 0 Å². The fourth-order valence-electron chi connectivity index (χ4n) is 2.27. The molecule has 2 bridgehead atoms. The van der Waals surface area contributed by atoms with Crippen LogP contribution in [0.3, 0.4) is 0 Å². The van der Waals surface area contributed by atoms with Crippen LogP contribution in [0.4, 0.5) is 4.79 Å². The first-order valence-electron chi connectivity index (χ1n) is 5.43. The number of amides is 1. The van der Waals surface area contributed by atoms with Gasteiger partial charge in [-0.05, 0) is 13.3 Å². The maximum absolute atomic E-state index is 11.6. The third kappa shape index (κ3) is 1.97. The van der Waals surface area contributed by atoms with Crippen molar-refractivity contribution >= 4 is 12.1 Å². The zero-order chi connectivity index (χ0) is 11.7. The largest absolute Gasteiger partial charge is 0.466 e. The molecule has 0 spiro atoms. The molecule has 6 heteroatoms. The number of ether oxygens (including phenoxy) is 2. The van der Waals surface area contributed by atoms with Crippen LogP contribution in [0.5, 0.6) is 0 Å². The lowest BCUT2D eigenvalue weighted by atomic mass is 9.80. The number of fused-ring (bicyclic) bond motifs is 2. The third-order valence-electron chi connectivity index (χ3n) is 3.05. The Kier molecular flexibility index (Phi) is 3.00. The molecule has 0 unspecified atom stereocenters. The number of alkyl carbamates (subject to hydrolysis) is 1. The number of hydrogen-bond acceptors (Lipinski definition) is 5. The van der Waals surface area contributed by atoms with Crippen molar-refractivity contribution in [3.05, 3.63) is 0 Å². The Balaban J connectivity index is 2.09. The van der Waals surface area contributed by atoms with E-state index >= 15 is 0 Å². The van der Waals surface area contributed by atoms with E-state index in [-0.39, 0.29) is 18.4 Å². The summed E-state index contributed by atoms with van der Waals surface area (Å²) in [5, 5.41) is 12.3. The van der Waals surface area contributed by atoms with Gasteiger partial charge in [0.1, 0.15) is 6.10 Å². The van der Waals surface area contributed by atoms with Gasteiger partial charge in [0.05, 0.1) is 18.6 Å². The number of carbonyl (C=O) groups is 2. The normalized spacial score (nSPS) is 37.2. The van der Waals surface area contributed by atoms with Gasteiger partial charge in [-0.15, -0.1) is 0 Å². The van der Waals surface area contributed by atoms with Crippen molar-refractivity contribution in [3.63, 3.8) is 0 Å². The predicted molar refractivity (Wildman–Crippen MR) is 52.6 cm³/mol. The van der Waals surface area contributed by atoms with Crippen LogP contribution >= 0.6 is 0 Å². The fourth-order valence-corrected chi connectivity index (χ4v) is 2.27. The van der Waals surface area contributed by atoms with Crippen LogP contribution in [0.2, 0.25) is 0 Å². The van der Waals surface area contributed by atoms with Gasteiger partial charge in [-0.25, -0.2) is 4.79 Å². The average Bonchev–Trinajstić information content (AvgIpc) is 2.23. The third-order valence-corrected chi connectivity index (χ3v) is 3.05. The second kappa shape index (κ2) is 4.29. The number of carbonyl (C=O) groups excluding carboxylic acids is 2. The number of aliphatic hydroxyl groups is 1. The van der Waals surface area contributed by atoms with Gasteiger partial charge in [-0.1, -0.05) is 0 Å². The van der Waals surface area contributed by atoms with Gasteiger partial charge in [0, 0.05) is 12.5 Å². The highest BCUT2D eigenvalue weighted by molar-refractivity contribution is 5.76. The van der Waals surface area contributed by atoms with Crippen molar-refractivity contribution in [2.75, 3.05) is 6.61 Å². The van der Waals surface area contributed by atoms with Crippen molar-refractivity contribution < 1.29 is 24.2 Å². The molecule has 90 valence electrons. The standard InChI is InChI=1S/C10H15NO5/c1-2-15-9(13)5-3-7(12)8-4-6(5)11-10(14)16-8/h5-8,12H,2-4H2,1H3,(H,11,14)/t5-,6-,7-,8+/m1/s1. The number of esters is 1. The van der Waals surface area contributed by atoms with Gasteiger partial charge in [0.15, 0.2) is 0 Å². The highest BCUT2D eigenvalue weighted by atomic mass is 16.6. The van der Waals surface area contributed by atoms with Gasteiger partial charge < -0.3 is 19.9 Å². The molecule has 1 aliphatic heterocycles.